The number of aliphatic hydroxyl groups excluding tert-OH is 2. The number of carbonyl (C=O) groups excluding carboxylic acids is 1. The molecule has 14 nitrogen and oxygen atoms in total. The first kappa shape index (κ1) is 48.9. The molecule has 69 heavy (non-hydrogen) atoms. The van der Waals surface area contributed by atoms with Crippen LogP contribution in [-0.2, 0) is 32.3 Å². The highest BCUT2D eigenvalue weighted by Gasteiger charge is 2.65. The smallest absolute Gasteiger partial charge is 0.410 e. The largest absolute Gasteiger partial charge is 0.459 e. The lowest BCUT2D eigenvalue weighted by Gasteiger charge is -2.59. The molecule has 2 aliphatic carbocycles. The van der Waals surface area contributed by atoms with Crippen LogP contribution in [0.25, 0.3) is 10.8 Å². The lowest BCUT2D eigenvalue weighted by atomic mass is 9.55. The van der Waals surface area contributed by atoms with Crippen molar-refractivity contribution in [1.29, 1.82) is 0 Å². The highest BCUT2D eigenvalue weighted by Crippen LogP contribution is 2.62. The second-order valence-electron chi connectivity index (χ2n) is 17.8. The minimum Gasteiger partial charge on any atom is -0.459 e. The van der Waals surface area contributed by atoms with Crippen LogP contribution in [0.2, 0.25) is 0 Å². The molecule has 1 aliphatic heterocycles. The number of allylic oxidation sites excluding steroid dienone is 1. The van der Waals surface area contributed by atoms with E-state index in [4.69, 9.17) is 33.7 Å². The summed E-state index contributed by atoms with van der Waals surface area (Å²) in [5.74, 6) is -0.430. The third-order valence-corrected chi connectivity index (χ3v) is 13.5. The molecular weight excluding hydrogens is 879 g/mol. The van der Waals surface area contributed by atoms with E-state index in [2.05, 4.69) is 30.9 Å². The van der Waals surface area contributed by atoms with Gasteiger partial charge in [0, 0.05) is 50.3 Å². The maximum absolute atomic E-state index is 14.3. The van der Waals surface area contributed by atoms with Gasteiger partial charge >= 0.3 is 6.09 Å². The van der Waals surface area contributed by atoms with E-state index in [0.29, 0.717) is 48.0 Å². The Morgan fingerprint density at radius 2 is 1.58 bits per heavy atom. The number of likely N-dealkylation sites (N-methyl/N-ethyl adjacent to an activating group) is 1. The van der Waals surface area contributed by atoms with Gasteiger partial charge in [-0.3, -0.25) is 10.1 Å². The molecule has 2 N–H and O–H groups in total. The van der Waals surface area contributed by atoms with E-state index in [1.165, 1.54) is 17.0 Å². The maximum Gasteiger partial charge on any atom is 0.410 e. The molecule has 8 rings (SSSR count). The van der Waals surface area contributed by atoms with Gasteiger partial charge in [0.1, 0.15) is 36.5 Å². The Labute approximate surface area is 402 Å². The minimum atomic E-state index is -1.49. The molecule has 6 atom stereocenters. The molecule has 1 heterocycles. The fourth-order valence-electron chi connectivity index (χ4n) is 10.2. The van der Waals surface area contributed by atoms with E-state index in [0.717, 1.165) is 53.2 Å². The van der Waals surface area contributed by atoms with Crippen molar-refractivity contribution < 1.29 is 48.5 Å². The normalized spacial score (nSPS) is 21.9. The van der Waals surface area contributed by atoms with E-state index >= 15 is 0 Å². The Balaban J connectivity index is 1.21. The number of carbonyl (C=O) groups is 1. The average molecular weight is 940 g/mol. The topological polar surface area (TPSA) is 172 Å². The minimum absolute atomic E-state index is 0.00526. The molecule has 5 aromatic rings. The molecule has 0 saturated heterocycles. The number of hydrogen-bond donors (Lipinski definition) is 2. The number of aliphatic hydroxyl groups is 2. The summed E-state index contributed by atoms with van der Waals surface area (Å²) in [4.78, 5) is 32.9. The van der Waals surface area contributed by atoms with Crippen molar-refractivity contribution in [2.45, 2.75) is 75.9 Å². The fraction of sp³-hybridized carbons (Fsp3) is 0.382. The molecule has 6 unspecified atom stereocenters. The summed E-state index contributed by atoms with van der Waals surface area (Å²) in [6.07, 6.45) is 7.82. The number of non-ortho nitro benzene ring substituents is 1. The summed E-state index contributed by atoms with van der Waals surface area (Å²) >= 11 is 0. The number of rotatable bonds is 23. The van der Waals surface area contributed by atoms with E-state index in [-0.39, 0.29) is 69.5 Å². The first-order valence-corrected chi connectivity index (χ1v) is 23.8. The van der Waals surface area contributed by atoms with Crippen molar-refractivity contribution in [1.82, 2.24) is 4.90 Å². The monoisotopic (exact) mass is 939 g/mol. The van der Waals surface area contributed by atoms with Gasteiger partial charge in [-0.1, -0.05) is 90.8 Å². The molecule has 0 aromatic heterocycles. The summed E-state index contributed by atoms with van der Waals surface area (Å²) in [6.45, 7) is 4.83. The number of amides is 1. The van der Waals surface area contributed by atoms with Gasteiger partial charge in [0.2, 0.25) is 5.79 Å². The Hall–Kier alpha value is -6.58. The molecule has 362 valence electrons. The summed E-state index contributed by atoms with van der Waals surface area (Å²) in [6, 6.07) is 35.1. The summed E-state index contributed by atoms with van der Waals surface area (Å²) < 4.78 is 32.7. The van der Waals surface area contributed by atoms with Crippen molar-refractivity contribution in [3.63, 3.8) is 0 Å². The molecule has 14 heteroatoms. The zero-order valence-electron chi connectivity index (χ0n) is 39.0. The van der Waals surface area contributed by atoms with Crippen LogP contribution in [-0.4, -0.2) is 83.8 Å². The Morgan fingerprint density at radius 3 is 2.33 bits per heavy atom. The third kappa shape index (κ3) is 11.3. The van der Waals surface area contributed by atoms with E-state index in [9.17, 15) is 25.1 Å². The Bertz CT molecular complexity index is 2600. The average Bonchev–Trinajstić information content (AvgIpc) is 3.37. The second kappa shape index (κ2) is 23.1. The number of benzene rings is 5. The Kier molecular flexibility index (Phi) is 16.4. The second-order valence-corrected chi connectivity index (χ2v) is 17.8. The third-order valence-electron chi connectivity index (χ3n) is 13.5. The highest BCUT2D eigenvalue weighted by atomic mass is 16.7. The van der Waals surface area contributed by atoms with Crippen LogP contribution in [0.4, 0.5) is 10.5 Å². The number of oxime groups is 1. The molecule has 1 amide bonds. The van der Waals surface area contributed by atoms with Gasteiger partial charge < -0.3 is 43.6 Å². The zero-order valence-corrected chi connectivity index (χ0v) is 39.0. The predicted octanol–water partition coefficient (Wildman–Crippen LogP) is 10.7. The van der Waals surface area contributed by atoms with Crippen LogP contribution in [0.5, 0.6) is 17.2 Å². The maximum atomic E-state index is 14.3. The van der Waals surface area contributed by atoms with Crippen LogP contribution in [0.3, 0.4) is 0 Å². The van der Waals surface area contributed by atoms with Gasteiger partial charge in [0.05, 0.1) is 36.4 Å². The van der Waals surface area contributed by atoms with E-state index in [1.54, 1.807) is 25.3 Å². The number of nitrogens with zero attached hydrogens (tertiary/aromatic N) is 3. The first-order chi connectivity index (χ1) is 33.7. The molecule has 1 saturated carbocycles. The lowest BCUT2D eigenvalue weighted by molar-refractivity contribution is -0.384. The molecule has 0 radical (unpaired) electrons. The zero-order chi connectivity index (χ0) is 48.2. The van der Waals surface area contributed by atoms with Crippen molar-refractivity contribution in [3.8, 4) is 17.2 Å². The number of nitro benzene ring substituents is 1. The molecule has 0 bridgehead atoms. The van der Waals surface area contributed by atoms with Crippen LogP contribution in [0, 0.1) is 27.9 Å². The van der Waals surface area contributed by atoms with Gasteiger partial charge in [-0.25, -0.2) is 4.79 Å². The van der Waals surface area contributed by atoms with Crippen molar-refractivity contribution >= 4 is 28.3 Å². The van der Waals surface area contributed by atoms with Crippen LogP contribution in [0.1, 0.15) is 67.6 Å². The molecular formula is C55H61N3O11. The molecule has 5 aromatic carbocycles. The van der Waals surface area contributed by atoms with Crippen LogP contribution < -0.4 is 9.47 Å². The van der Waals surface area contributed by atoms with E-state index < -0.39 is 28.8 Å². The number of nitro groups is 1. The summed E-state index contributed by atoms with van der Waals surface area (Å²) in [5, 5.41) is 38.4. The van der Waals surface area contributed by atoms with Gasteiger partial charge in [-0.2, -0.15) is 0 Å². The SMILES string of the molecule is C=CCOC12Oc3ccc(Oc4ccc5ccccc5c4)cc3C3C(CCCCO)C(CCCCO)C=C(C(=NOCc4ccc([N+](=O)[O-])cc4)CC1N(C)C(=O)OCCOCc1ccccc1)C32. The van der Waals surface area contributed by atoms with Gasteiger partial charge in [0.15, 0.2) is 0 Å². The van der Waals surface area contributed by atoms with Gasteiger partial charge in [-0.15, -0.1) is 6.58 Å². The molecule has 1 fully saturated rings. The van der Waals surface area contributed by atoms with Gasteiger partial charge in [0.25, 0.3) is 5.69 Å². The summed E-state index contributed by atoms with van der Waals surface area (Å²) in [7, 11) is 1.68. The van der Waals surface area contributed by atoms with E-state index in [1.807, 2.05) is 72.8 Å². The quantitative estimate of drug-likeness (QED) is 0.0276. The highest BCUT2D eigenvalue weighted by molar-refractivity contribution is 6.03. The van der Waals surface area contributed by atoms with Crippen molar-refractivity contribution in [2.75, 3.05) is 40.1 Å². The Morgan fingerprint density at radius 1 is 0.870 bits per heavy atom. The first-order valence-electron chi connectivity index (χ1n) is 23.8. The number of fused-ring (bicyclic) bond motifs is 3. The number of unbranched alkanes of at least 4 members (excludes halogenated alkanes) is 2. The summed E-state index contributed by atoms with van der Waals surface area (Å²) in [5.41, 5.74) is 4.03. The fourth-order valence-corrected chi connectivity index (χ4v) is 10.2. The number of ether oxygens (including phenoxy) is 5. The van der Waals surface area contributed by atoms with Crippen LogP contribution in [0.15, 0.2) is 145 Å². The standard InChI is InChI=1S/C55H61N3O11/c1-3-29-66-55-51(57(2)54(61)65-31-30-64-36-38-13-5-4-6-14-38)35-49(56-67-37-39-19-22-43(23-20-39)58(62)63)47-33-42(17-9-11-27-59)46(18-10-12-28-60)52(53(47)55)48-34-45(25-26-50(48)69-55)68-44-24-21-40-15-7-8-16-41(40)32-44/h3-8,13-16,19-26,32-34,42,46,51-53,59-60H,1,9-12,17-18,27-31,35-37H2,2H3. The lowest BCUT2D eigenvalue weighted by Crippen LogP contribution is -2.69. The van der Waals surface area contributed by atoms with Crippen molar-refractivity contribution in [2.24, 2.45) is 22.9 Å². The number of hydrogen-bond acceptors (Lipinski definition) is 12. The van der Waals surface area contributed by atoms with Crippen LogP contribution >= 0.6 is 0 Å². The molecule has 0 spiro atoms. The molecule has 3 aliphatic rings. The predicted molar refractivity (Wildman–Crippen MR) is 262 cm³/mol. The van der Waals surface area contributed by atoms with Crippen molar-refractivity contribution in [3.05, 3.63) is 166 Å². The van der Waals surface area contributed by atoms with Gasteiger partial charge in [-0.05, 0) is 107 Å².